The molecule has 0 aliphatic rings. The molecule has 17 heavy (non-hydrogen) atoms. The van der Waals surface area contributed by atoms with Gasteiger partial charge < -0.3 is 4.74 Å². The SMILES string of the molecule is Cc1nc(Br)cc(Oc2ccc(Br)c(C)c2)n1. The maximum atomic E-state index is 5.67. The van der Waals surface area contributed by atoms with E-state index in [4.69, 9.17) is 4.74 Å². The van der Waals surface area contributed by atoms with E-state index < -0.39 is 0 Å². The number of hydrogen-bond acceptors (Lipinski definition) is 3. The van der Waals surface area contributed by atoms with Gasteiger partial charge in [0, 0.05) is 10.5 Å². The van der Waals surface area contributed by atoms with Crippen LogP contribution in [-0.2, 0) is 0 Å². The van der Waals surface area contributed by atoms with Gasteiger partial charge in [0.2, 0.25) is 5.88 Å². The second kappa shape index (κ2) is 5.14. The smallest absolute Gasteiger partial charge is 0.223 e. The molecule has 88 valence electrons. The van der Waals surface area contributed by atoms with Crippen molar-refractivity contribution in [1.29, 1.82) is 0 Å². The first-order valence-corrected chi connectivity index (χ1v) is 6.58. The van der Waals surface area contributed by atoms with Crippen LogP contribution in [0.1, 0.15) is 11.4 Å². The van der Waals surface area contributed by atoms with Crippen molar-refractivity contribution in [3.63, 3.8) is 0 Å². The van der Waals surface area contributed by atoms with Gasteiger partial charge >= 0.3 is 0 Å². The van der Waals surface area contributed by atoms with Crippen LogP contribution in [0.5, 0.6) is 11.6 Å². The fraction of sp³-hybridized carbons (Fsp3) is 0.167. The van der Waals surface area contributed by atoms with E-state index >= 15 is 0 Å². The number of rotatable bonds is 2. The zero-order valence-electron chi connectivity index (χ0n) is 9.37. The van der Waals surface area contributed by atoms with Gasteiger partial charge in [-0.1, -0.05) is 15.9 Å². The summed E-state index contributed by atoms with van der Waals surface area (Å²) in [6.45, 7) is 3.84. The number of halogens is 2. The molecule has 0 radical (unpaired) electrons. The number of aryl methyl sites for hydroxylation is 2. The quantitative estimate of drug-likeness (QED) is 0.746. The zero-order chi connectivity index (χ0) is 12.4. The first-order chi connectivity index (χ1) is 8.04. The number of ether oxygens (including phenoxy) is 1. The van der Waals surface area contributed by atoms with Crippen molar-refractivity contribution >= 4 is 31.9 Å². The van der Waals surface area contributed by atoms with Crippen molar-refractivity contribution in [1.82, 2.24) is 9.97 Å². The summed E-state index contributed by atoms with van der Waals surface area (Å²) in [4.78, 5) is 8.33. The van der Waals surface area contributed by atoms with Crippen LogP contribution >= 0.6 is 31.9 Å². The summed E-state index contributed by atoms with van der Waals surface area (Å²) in [5.74, 6) is 1.96. The van der Waals surface area contributed by atoms with Gasteiger partial charge in [0.05, 0.1) is 0 Å². The normalized spacial score (nSPS) is 10.4. The molecule has 1 heterocycles. The van der Waals surface area contributed by atoms with Crippen molar-refractivity contribution < 1.29 is 4.74 Å². The summed E-state index contributed by atoms with van der Waals surface area (Å²) < 4.78 is 7.45. The maximum absolute atomic E-state index is 5.67. The van der Waals surface area contributed by atoms with Gasteiger partial charge in [0.15, 0.2) is 0 Å². The third-order valence-electron chi connectivity index (χ3n) is 2.14. The molecule has 0 atom stereocenters. The van der Waals surface area contributed by atoms with Gasteiger partial charge in [-0.25, -0.2) is 4.98 Å². The van der Waals surface area contributed by atoms with Crippen molar-refractivity contribution in [2.24, 2.45) is 0 Å². The molecular weight excluding hydrogens is 348 g/mol. The summed E-state index contributed by atoms with van der Waals surface area (Å²) in [6.07, 6.45) is 0. The van der Waals surface area contributed by atoms with E-state index in [1.54, 1.807) is 6.07 Å². The van der Waals surface area contributed by atoms with Crippen LogP contribution in [0.2, 0.25) is 0 Å². The molecule has 0 aliphatic heterocycles. The Labute approximate surface area is 117 Å². The first-order valence-electron chi connectivity index (χ1n) is 5.00. The van der Waals surface area contributed by atoms with Gasteiger partial charge in [-0.2, -0.15) is 4.98 Å². The van der Waals surface area contributed by atoms with Crippen molar-refractivity contribution in [2.45, 2.75) is 13.8 Å². The lowest BCUT2D eigenvalue weighted by atomic mass is 10.2. The average Bonchev–Trinajstić information content (AvgIpc) is 2.22. The monoisotopic (exact) mass is 356 g/mol. The third kappa shape index (κ3) is 3.26. The van der Waals surface area contributed by atoms with Crippen LogP contribution in [0, 0.1) is 13.8 Å². The third-order valence-corrected chi connectivity index (χ3v) is 3.43. The first kappa shape index (κ1) is 12.5. The molecule has 0 N–H and O–H groups in total. The van der Waals surface area contributed by atoms with Gasteiger partial charge in [-0.15, -0.1) is 0 Å². The lowest BCUT2D eigenvalue weighted by molar-refractivity contribution is 0.458. The van der Waals surface area contributed by atoms with Crippen LogP contribution < -0.4 is 4.74 Å². The van der Waals surface area contributed by atoms with Crippen LogP contribution in [0.4, 0.5) is 0 Å². The molecule has 0 saturated heterocycles. The number of aromatic nitrogens is 2. The molecule has 0 amide bonds. The lowest BCUT2D eigenvalue weighted by Crippen LogP contribution is -1.93. The molecule has 3 nitrogen and oxygen atoms in total. The summed E-state index contributed by atoms with van der Waals surface area (Å²) in [6, 6.07) is 7.54. The molecule has 2 aromatic rings. The lowest BCUT2D eigenvalue weighted by Gasteiger charge is -2.07. The second-order valence-corrected chi connectivity index (χ2v) is 5.26. The highest BCUT2D eigenvalue weighted by molar-refractivity contribution is 9.10. The van der Waals surface area contributed by atoms with Crippen molar-refractivity contribution in [3.05, 3.63) is 44.7 Å². The van der Waals surface area contributed by atoms with Crippen LogP contribution in [0.15, 0.2) is 33.3 Å². The molecule has 1 aromatic carbocycles. The van der Waals surface area contributed by atoms with E-state index in [9.17, 15) is 0 Å². The Morgan fingerprint density at radius 3 is 2.47 bits per heavy atom. The maximum Gasteiger partial charge on any atom is 0.223 e. The molecule has 0 unspecified atom stereocenters. The van der Waals surface area contributed by atoms with Crippen molar-refractivity contribution in [3.8, 4) is 11.6 Å². The van der Waals surface area contributed by atoms with Gasteiger partial charge in [-0.05, 0) is 53.5 Å². The van der Waals surface area contributed by atoms with E-state index in [0.29, 0.717) is 16.3 Å². The zero-order valence-corrected chi connectivity index (χ0v) is 12.5. The Bertz CT molecular complexity index is 538. The topological polar surface area (TPSA) is 35.0 Å². The fourth-order valence-corrected chi connectivity index (χ4v) is 2.06. The van der Waals surface area contributed by atoms with Gasteiger partial charge in [-0.3, -0.25) is 0 Å². The molecule has 1 aromatic heterocycles. The molecule has 0 saturated carbocycles. The van der Waals surface area contributed by atoms with Crippen LogP contribution in [-0.4, -0.2) is 9.97 Å². The van der Waals surface area contributed by atoms with Crippen LogP contribution in [0.25, 0.3) is 0 Å². The Hall–Kier alpha value is -0.940. The molecular formula is C12H10Br2N2O. The minimum Gasteiger partial charge on any atom is -0.439 e. The molecule has 0 fully saturated rings. The van der Waals surface area contributed by atoms with Gasteiger partial charge in [0.25, 0.3) is 0 Å². The molecule has 0 bridgehead atoms. The van der Waals surface area contributed by atoms with E-state index in [1.165, 1.54) is 0 Å². The molecule has 5 heteroatoms. The molecule has 0 spiro atoms. The highest BCUT2D eigenvalue weighted by Crippen LogP contribution is 2.26. The predicted molar refractivity (Wildman–Crippen MR) is 73.4 cm³/mol. The minimum atomic E-state index is 0.533. The second-order valence-electron chi connectivity index (χ2n) is 3.59. The number of hydrogen-bond donors (Lipinski definition) is 0. The average molecular weight is 358 g/mol. The van der Waals surface area contributed by atoms with Crippen LogP contribution in [0.3, 0.4) is 0 Å². The molecule has 0 aliphatic carbocycles. The fourth-order valence-electron chi connectivity index (χ4n) is 1.36. The summed E-state index contributed by atoms with van der Waals surface area (Å²) in [5, 5.41) is 0. The highest BCUT2D eigenvalue weighted by Gasteiger charge is 2.04. The van der Waals surface area contributed by atoms with E-state index in [1.807, 2.05) is 32.0 Å². The van der Waals surface area contributed by atoms with E-state index in [2.05, 4.69) is 41.8 Å². The molecule has 2 rings (SSSR count). The summed E-state index contributed by atoms with van der Waals surface area (Å²) in [7, 11) is 0. The summed E-state index contributed by atoms with van der Waals surface area (Å²) in [5.41, 5.74) is 1.12. The summed E-state index contributed by atoms with van der Waals surface area (Å²) >= 11 is 6.76. The Morgan fingerprint density at radius 2 is 1.82 bits per heavy atom. The minimum absolute atomic E-state index is 0.533. The highest BCUT2D eigenvalue weighted by atomic mass is 79.9. The predicted octanol–water partition coefficient (Wildman–Crippen LogP) is 4.41. The number of nitrogens with zero attached hydrogens (tertiary/aromatic N) is 2. The van der Waals surface area contributed by atoms with E-state index in [0.717, 1.165) is 15.8 Å². The van der Waals surface area contributed by atoms with Gasteiger partial charge in [0.1, 0.15) is 16.2 Å². The largest absolute Gasteiger partial charge is 0.439 e. The van der Waals surface area contributed by atoms with Crippen molar-refractivity contribution in [2.75, 3.05) is 0 Å². The number of benzene rings is 1. The Balaban J connectivity index is 2.28. The Morgan fingerprint density at radius 1 is 1.06 bits per heavy atom. The standard InChI is InChI=1S/C12H10Br2N2O/c1-7-5-9(3-4-10(7)13)17-12-6-11(14)15-8(2)16-12/h3-6H,1-2H3. The van der Waals surface area contributed by atoms with E-state index in [-0.39, 0.29) is 0 Å². The Kier molecular flexibility index (Phi) is 3.79.